The van der Waals surface area contributed by atoms with Gasteiger partial charge in [0.2, 0.25) is 0 Å². The molecule has 5 nitrogen and oxygen atoms in total. The van der Waals surface area contributed by atoms with Crippen molar-refractivity contribution in [3.63, 3.8) is 0 Å². The summed E-state index contributed by atoms with van der Waals surface area (Å²) in [5.41, 5.74) is 1.82. The van der Waals surface area contributed by atoms with Crippen LogP contribution in [-0.4, -0.2) is 29.2 Å². The number of rotatable bonds is 4. The normalized spacial score (nSPS) is 21.6. The Bertz CT molecular complexity index is 616. The Kier molecular flexibility index (Phi) is 4.32. The molecule has 0 N–H and O–H groups in total. The van der Waals surface area contributed by atoms with Crippen LogP contribution in [0.5, 0.6) is 11.5 Å². The summed E-state index contributed by atoms with van der Waals surface area (Å²) in [4.78, 5) is 0. The minimum absolute atomic E-state index is 0.470. The van der Waals surface area contributed by atoms with Crippen LogP contribution in [0, 0.1) is 5.92 Å². The molecule has 3 rings (SSSR count). The topological polar surface area (TPSA) is 49.2 Å². The molecule has 0 radical (unpaired) electrons. The van der Waals surface area contributed by atoms with Crippen LogP contribution >= 0.6 is 0 Å². The van der Waals surface area contributed by atoms with Crippen molar-refractivity contribution in [3.05, 3.63) is 24.4 Å². The molecule has 22 heavy (non-hydrogen) atoms. The van der Waals surface area contributed by atoms with Gasteiger partial charge >= 0.3 is 0 Å². The zero-order chi connectivity index (χ0) is 15.5. The van der Waals surface area contributed by atoms with Crippen LogP contribution < -0.4 is 9.47 Å². The summed E-state index contributed by atoms with van der Waals surface area (Å²) in [6.07, 6.45) is 7.01. The Balaban J connectivity index is 1.87. The number of hydrogen-bond acceptors (Lipinski definition) is 4. The molecule has 1 saturated carbocycles. The average molecular weight is 301 g/mol. The van der Waals surface area contributed by atoms with E-state index in [1.807, 2.05) is 29.1 Å². The van der Waals surface area contributed by atoms with Crippen molar-refractivity contribution in [2.45, 2.75) is 38.6 Å². The van der Waals surface area contributed by atoms with E-state index in [1.54, 1.807) is 14.2 Å². The quantitative estimate of drug-likeness (QED) is 0.863. The van der Waals surface area contributed by atoms with Gasteiger partial charge in [0.25, 0.3) is 0 Å². The predicted molar refractivity (Wildman–Crippen MR) is 85.2 cm³/mol. The number of ether oxygens (including phenoxy) is 2. The third kappa shape index (κ3) is 3.08. The largest absolute Gasteiger partial charge is 0.497 e. The van der Waals surface area contributed by atoms with E-state index >= 15 is 0 Å². The van der Waals surface area contributed by atoms with Crippen molar-refractivity contribution in [1.29, 1.82) is 0 Å². The van der Waals surface area contributed by atoms with Gasteiger partial charge in [-0.3, -0.25) is 0 Å². The highest BCUT2D eigenvalue weighted by atomic mass is 16.5. The maximum atomic E-state index is 5.32. The first-order valence-corrected chi connectivity index (χ1v) is 7.85. The maximum Gasteiger partial charge on any atom is 0.123 e. The zero-order valence-corrected chi connectivity index (χ0v) is 13.5. The van der Waals surface area contributed by atoms with Gasteiger partial charge in [0, 0.05) is 11.6 Å². The van der Waals surface area contributed by atoms with Crippen molar-refractivity contribution < 1.29 is 9.47 Å². The van der Waals surface area contributed by atoms with E-state index in [-0.39, 0.29) is 0 Å². The zero-order valence-electron chi connectivity index (χ0n) is 13.5. The third-order valence-electron chi connectivity index (χ3n) is 4.44. The number of nitrogens with zero attached hydrogens (tertiary/aromatic N) is 3. The van der Waals surface area contributed by atoms with Crippen LogP contribution in [0.4, 0.5) is 0 Å². The van der Waals surface area contributed by atoms with Crippen LogP contribution in [0.25, 0.3) is 11.3 Å². The minimum atomic E-state index is 0.470. The highest BCUT2D eigenvalue weighted by Crippen LogP contribution is 2.33. The first-order valence-electron chi connectivity index (χ1n) is 7.85. The number of hydrogen-bond donors (Lipinski definition) is 0. The van der Waals surface area contributed by atoms with E-state index in [1.165, 1.54) is 25.7 Å². The first kappa shape index (κ1) is 14.9. The molecule has 0 aliphatic heterocycles. The van der Waals surface area contributed by atoms with Crippen LogP contribution in [0.1, 0.15) is 38.6 Å². The van der Waals surface area contributed by atoms with Crippen LogP contribution in [0.2, 0.25) is 0 Å². The van der Waals surface area contributed by atoms with Crippen molar-refractivity contribution in [1.82, 2.24) is 15.0 Å². The lowest BCUT2D eigenvalue weighted by Gasteiger charge is -2.26. The predicted octanol–water partition coefficient (Wildman–Crippen LogP) is 3.71. The minimum Gasteiger partial charge on any atom is -0.497 e. The molecule has 1 heterocycles. The van der Waals surface area contributed by atoms with Gasteiger partial charge in [-0.05, 0) is 30.9 Å². The lowest BCUT2D eigenvalue weighted by atomic mass is 9.87. The molecule has 1 aromatic carbocycles. The number of methoxy groups -OCH3 is 2. The van der Waals surface area contributed by atoms with Crippen molar-refractivity contribution >= 4 is 0 Å². The number of aromatic nitrogens is 3. The van der Waals surface area contributed by atoms with Gasteiger partial charge in [-0.15, -0.1) is 5.10 Å². The molecule has 0 saturated heterocycles. The summed E-state index contributed by atoms with van der Waals surface area (Å²) in [5.74, 6) is 2.29. The standard InChI is InChI=1S/C17H23N3O2/c1-12-5-4-6-14(7-12)20-11-17(18-19-20)13-8-15(21-2)10-16(9-13)22-3/h8-12,14H,4-7H2,1-3H3. The SMILES string of the molecule is COc1cc(OC)cc(-c2cn(C3CCCC(C)C3)nn2)c1. The van der Waals surface area contributed by atoms with E-state index < -0.39 is 0 Å². The summed E-state index contributed by atoms with van der Waals surface area (Å²) >= 11 is 0. The Labute approximate surface area is 131 Å². The Hall–Kier alpha value is -2.04. The molecule has 2 unspecified atom stereocenters. The van der Waals surface area contributed by atoms with Crippen LogP contribution in [-0.2, 0) is 0 Å². The molecule has 1 aromatic heterocycles. The first-order chi connectivity index (χ1) is 10.7. The van der Waals surface area contributed by atoms with Gasteiger partial charge in [-0.1, -0.05) is 25.0 Å². The van der Waals surface area contributed by atoms with Crippen LogP contribution in [0.15, 0.2) is 24.4 Å². The maximum absolute atomic E-state index is 5.32. The lowest BCUT2D eigenvalue weighted by molar-refractivity contribution is 0.263. The van der Waals surface area contributed by atoms with E-state index in [4.69, 9.17) is 9.47 Å². The fourth-order valence-corrected chi connectivity index (χ4v) is 3.19. The van der Waals surface area contributed by atoms with Gasteiger partial charge in [-0.25, -0.2) is 4.68 Å². The smallest absolute Gasteiger partial charge is 0.123 e. The summed E-state index contributed by atoms with van der Waals surface area (Å²) in [6.45, 7) is 2.32. The molecule has 1 aliphatic rings. The van der Waals surface area contributed by atoms with Gasteiger partial charge in [0.15, 0.2) is 0 Å². The van der Waals surface area contributed by atoms with Gasteiger partial charge in [-0.2, -0.15) is 0 Å². The fraction of sp³-hybridized carbons (Fsp3) is 0.529. The number of benzene rings is 1. The third-order valence-corrected chi connectivity index (χ3v) is 4.44. The second kappa shape index (κ2) is 6.38. The molecule has 0 spiro atoms. The van der Waals surface area contributed by atoms with Crippen molar-refractivity contribution in [3.8, 4) is 22.8 Å². The second-order valence-electron chi connectivity index (χ2n) is 6.11. The average Bonchev–Trinajstić information content (AvgIpc) is 3.04. The summed E-state index contributed by atoms with van der Waals surface area (Å²) in [5, 5.41) is 8.69. The van der Waals surface area contributed by atoms with E-state index in [0.29, 0.717) is 6.04 Å². The summed E-state index contributed by atoms with van der Waals surface area (Å²) in [6, 6.07) is 6.25. The Morgan fingerprint density at radius 3 is 2.45 bits per heavy atom. The summed E-state index contributed by atoms with van der Waals surface area (Å²) in [7, 11) is 3.30. The van der Waals surface area contributed by atoms with E-state index in [2.05, 4.69) is 17.2 Å². The molecule has 2 aromatic rings. The van der Waals surface area contributed by atoms with Crippen molar-refractivity contribution in [2.24, 2.45) is 5.92 Å². The molecule has 5 heteroatoms. The molecule has 0 amide bonds. The monoisotopic (exact) mass is 301 g/mol. The fourth-order valence-electron chi connectivity index (χ4n) is 3.19. The molecule has 1 aliphatic carbocycles. The summed E-state index contributed by atoms with van der Waals surface area (Å²) < 4.78 is 12.7. The molecule has 0 bridgehead atoms. The molecular formula is C17H23N3O2. The van der Waals surface area contributed by atoms with Gasteiger partial charge in [0.1, 0.15) is 17.2 Å². The van der Waals surface area contributed by atoms with E-state index in [0.717, 1.165) is 28.7 Å². The second-order valence-corrected chi connectivity index (χ2v) is 6.11. The van der Waals surface area contributed by atoms with Gasteiger partial charge in [0.05, 0.1) is 26.5 Å². The molecule has 118 valence electrons. The Morgan fingerprint density at radius 1 is 1.09 bits per heavy atom. The highest BCUT2D eigenvalue weighted by Gasteiger charge is 2.21. The molecule has 1 fully saturated rings. The Morgan fingerprint density at radius 2 is 1.82 bits per heavy atom. The van der Waals surface area contributed by atoms with Crippen molar-refractivity contribution in [2.75, 3.05) is 14.2 Å². The highest BCUT2D eigenvalue weighted by molar-refractivity contribution is 5.63. The molecule has 2 atom stereocenters. The lowest BCUT2D eigenvalue weighted by Crippen LogP contribution is -2.18. The van der Waals surface area contributed by atoms with E-state index in [9.17, 15) is 0 Å². The van der Waals surface area contributed by atoms with Crippen LogP contribution in [0.3, 0.4) is 0 Å². The molecular weight excluding hydrogens is 278 g/mol. The van der Waals surface area contributed by atoms with Gasteiger partial charge < -0.3 is 9.47 Å².